The number of phenols is 2. The van der Waals surface area contributed by atoms with Crippen LogP contribution in [0.1, 0.15) is 26.3 Å². The Labute approximate surface area is 120 Å². The Balaban J connectivity index is 0.000000235. The number of aromatic carboxylic acids is 2. The minimum absolute atomic E-state index is 0.0277. The topological polar surface area (TPSA) is 115 Å². The molecule has 6 heteroatoms. The van der Waals surface area contributed by atoms with Gasteiger partial charge in [0.05, 0.1) is 11.1 Å². The predicted molar refractivity (Wildman–Crippen MR) is 74.9 cm³/mol. The average molecular weight is 290 g/mol. The molecule has 0 saturated heterocycles. The third kappa shape index (κ3) is 4.54. The Hall–Kier alpha value is -3.02. The van der Waals surface area contributed by atoms with Crippen molar-refractivity contribution in [2.24, 2.45) is 0 Å². The number of phenolic OH excluding ortho intramolecular Hbond substituents is 2. The summed E-state index contributed by atoms with van der Waals surface area (Å²) in [5.41, 5.74) is 0.335. The quantitative estimate of drug-likeness (QED) is 0.675. The van der Waals surface area contributed by atoms with Gasteiger partial charge < -0.3 is 20.4 Å². The predicted octanol–water partition coefficient (Wildman–Crippen LogP) is 2.49. The van der Waals surface area contributed by atoms with Crippen LogP contribution in [-0.4, -0.2) is 32.4 Å². The minimum atomic E-state index is -1.11. The van der Waals surface area contributed by atoms with Crippen LogP contribution in [0.5, 0.6) is 11.5 Å². The van der Waals surface area contributed by atoms with Gasteiger partial charge in [-0.15, -0.1) is 0 Å². The van der Waals surface area contributed by atoms with Crippen LogP contribution in [0, 0.1) is 6.92 Å². The van der Waals surface area contributed by atoms with E-state index in [0.29, 0.717) is 0 Å². The molecule has 0 fully saturated rings. The van der Waals surface area contributed by atoms with Crippen LogP contribution in [0.2, 0.25) is 0 Å². The van der Waals surface area contributed by atoms with Gasteiger partial charge in [-0.25, -0.2) is 9.59 Å². The summed E-state index contributed by atoms with van der Waals surface area (Å²) in [4.78, 5) is 21.2. The number of hydrogen-bond acceptors (Lipinski definition) is 4. The molecule has 6 nitrogen and oxygen atoms in total. The normalized spacial score (nSPS) is 9.38. The van der Waals surface area contributed by atoms with Crippen molar-refractivity contribution in [1.82, 2.24) is 0 Å². The first-order chi connectivity index (χ1) is 9.82. The van der Waals surface area contributed by atoms with Crippen LogP contribution in [-0.2, 0) is 0 Å². The van der Waals surface area contributed by atoms with Crippen molar-refractivity contribution >= 4 is 11.9 Å². The van der Waals surface area contributed by atoms with Crippen molar-refractivity contribution in [3.63, 3.8) is 0 Å². The smallest absolute Gasteiger partial charge is 0.335 e. The first kappa shape index (κ1) is 16.0. The first-order valence-electron chi connectivity index (χ1n) is 5.87. The van der Waals surface area contributed by atoms with E-state index in [1.807, 2.05) is 0 Å². The molecule has 0 atom stereocenters. The van der Waals surface area contributed by atoms with Crippen molar-refractivity contribution in [1.29, 1.82) is 0 Å². The Bertz CT molecular complexity index is 613. The number of rotatable bonds is 2. The molecule has 21 heavy (non-hydrogen) atoms. The van der Waals surface area contributed by atoms with Gasteiger partial charge in [0.25, 0.3) is 0 Å². The maximum Gasteiger partial charge on any atom is 0.335 e. The number of benzene rings is 2. The van der Waals surface area contributed by atoms with Crippen LogP contribution in [0.25, 0.3) is 0 Å². The van der Waals surface area contributed by atoms with Crippen molar-refractivity contribution < 1.29 is 30.0 Å². The molecule has 0 heterocycles. The molecule has 0 unspecified atom stereocenters. The van der Waals surface area contributed by atoms with Gasteiger partial charge >= 0.3 is 11.9 Å². The van der Waals surface area contributed by atoms with E-state index in [1.54, 1.807) is 6.07 Å². The number of aromatic hydroxyl groups is 2. The van der Waals surface area contributed by atoms with E-state index in [4.69, 9.17) is 20.4 Å². The van der Waals surface area contributed by atoms with Crippen LogP contribution in [0.4, 0.5) is 0 Å². The fraction of sp³-hybridized carbons (Fsp3) is 0.0667. The summed E-state index contributed by atoms with van der Waals surface area (Å²) >= 11 is 0. The van der Waals surface area contributed by atoms with Crippen molar-refractivity contribution in [3.8, 4) is 11.5 Å². The highest BCUT2D eigenvalue weighted by Crippen LogP contribution is 2.15. The van der Waals surface area contributed by atoms with Crippen molar-refractivity contribution in [2.45, 2.75) is 6.92 Å². The summed E-state index contributed by atoms with van der Waals surface area (Å²) < 4.78 is 0. The molecule has 0 spiro atoms. The van der Waals surface area contributed by atoms with Gasteiger partial charge in [-0.3, -0.25) is 0 Å². The second-order valence-electron chi connectivity index (χ2n) is 4.11. The van der Waals surface area contributed by atoms with E-state index in [0.717, 1.165) is 0 Å². The zero-order chi connectivity index (χ0) is 16.0. The molecule has 0 aromatic heterocycles. The lowest BCUT2D eigenvalue weighted by atomic mass is 10.0. The lowest BCUT2D eigenvalue weighted by Crippen LogP contribution is -2.06. The van der Waals surface area contributed by atoms with Gasteiger partial charge in [-0.2, -0.15) is 0 Å². The molecule has 2 rings (SSSR count). The average Bonchev–Trinajstić information content (AvgIpc) is 2.38. The van der Waals surface area contributed by atoms with E-state index in [2.05, 4.69) is 0 Å². The molecule has 2 aromatic rings. The largest absolute Gasteiger partial charge is 0.508 e. The van der Waals surface area contributed by atoms with E-state index < -0.39 is 11.9 Å². The van der Waals surface area contributed by atoms with E-state index >= 15 is 0 Å². The number of hydrogen-bond donors (Lipinski definition) is 4. The molecule has 2 aromatic carbocycles. The van der Waals surface area contributed by atoms with Crippen LogP contribution >= 0.6 is 0 Å². The zero-order valence-corrected chi connectivity index (χ0v) is 11.1. The highest BCUT2D eigenvalue weighted by atomic mass is 16.4. The number of carboxylic acid groups (broad SMARTS) is 2. The van der Waals surface area contributed by atoms with Crippen LogP contribution in [0.15, 0.2) is 42.5 Å². The Morgan fingerprint density at radius 1 is 0.810 bits per heavy atom. The fourth-order valence-corrected chi connectivity index (χ4v) is 1.59. The fourth-order valence-electron chi connectivity index (χ4n) is 1.59. The molecule has 4 N–H and O–H groups in total. The maximum absolute atomic E-state index is 10.6. The molecule has 0 bridgehead atoms. The molecule has 0 amide bonds. The van der Waals surface area contributed by atoms with Crippen molar-refractivity contribution in [3.05, 3.63) is 59.2 Å². The van der Waals surface area contributed by atoms with Gasteiger partial charge in [-0.1, -0.05) is 12.1 Å². The SMILES string of the molecule is Cc1c(C(=O)O)cccc1C(=O)O.Oc1cccc(O)c1. The van der Waals surface area contributed by atoms with E-state index in [1.165, 1.54) is 43.3 Å². The Morgan fingerprint density at radius 2 is 1.19 bits per heavy atom. The minimum Gasteiger partial charge on any atom is -0.508 e. The van der Waals surface area contributed by atoms with Gasteiger partial charge in [0.2, 0.25) is 0 Å². The van der Waals surface area contributed by atoms with Gasteiger partial charge in [0.15, 0.2) is 0 Å². The summed E-state index contributed by atoms with van der Waals surface area (Å²) in [6, 6.07) is 10.0. The highest BCUT2D eigenvalue weighted by molar-refractivity contribution is 5.96. The third-order valence-electron chi connectivity index (χ3n) is 2.62. The van der Waals surface area contributed by atoms with E-state index in [-0.39, 0.29) is 28.2 Å². The molecule has 0 saturated carbocycles. The molecular formula is C15H14O6. The zero-order valence-electron chi connectivity index (χ0n) is 11.1. The Kier molecular flexibility index (Phi) is 5.31. The van der Waals surface area contributed by atoms with E-state index in [9.17, 15) is 9.59 Å². The second kappa shape index (κ2) is 6.95. The summed E-state index contributed by atoms with van der Waals surface area (Å²) in [6.45, 7) is 1.48. The lowest BCUT2D eigenvalue weighted by Gasteiger charge is -2.03. The van der Waals surface area contributed by atoms with Gasteiger partial charge in [0.1, 0.15) is 11.5 Å². The number of carboxylic acids is 2. The van der Waals surface area contributed by atoms with Crippen molar-refractivity contribution in [2.75, 3.05) is 0 Å². The Morgan fingerprint density at radius 3 is 1.48 bits per heavy atom. The number of carbonyl (C=O) groups is 2. The highest BCUT2D eigenvalue weighted by Gasteiger charge is 2.13. The standard InChI is InChI=1S/C9H8O4.C6H6O2/c1-5-6(8(10)11)3-2-4-7(5)9(12)13;7-5-2-1-3-6(8)4-5/h2-4H,1H3,(H,10,11)(H,12,13);1-4,7-8H. The molecule has 0 aliphatic carbocycles. The summed E-state index contributed by atoms with van der Waals surface area (Å²) in [5, 5.41) is 34.7. The van der Waals surface area contributed by atoms with Crippen LogP contribution < -0.4 is 0 Å². The lowest BCUT2D eigenvalue weighted by molar-refractivity contribution is 0.0696. The second-order valence-corrected chi connectivity index (χ2v) is 4.11. The van der Waals surface area contributed by atoms with Crippen LogP contribution in [0.3, 0.4) is 0 Å². The van der Waals surface area contributed by atoms with Gasteiger partial charge in [0, 0.05) is 6.07 Å². The summed E-state index contributed by atoms with van der Waals surface area (Å²) in [5.74, 6) is -2.05. The molecule has 0 aliphatic rings. The third-order valence-corrected chi connectivity index (χ3v) is 2.62. The molecule has 110 valence electrons. The molecule has 0 radical (unpaired) electrons. The summed E-state index contributed by atoms with van der Waals surface area (Å²) in [6.07, 6.45) is 0. The maximum atomic E-state index is 10.6. The van der Waals surface area contributed by atoms with Gasteiger partial charge in [-0.05, 0) is 36.8 Å². The summed E-state index contributed by atoms with van der Waals surface area (Å²) in [7, 11) is 0. The first-order valence-corrected chi connectivity index (χ1v) is 5.87. The monoisotopic (exact) mass is 290 g/mol. The molecule has 0 aliphatic heterocycles. The molecular weight excluding hydrogens is 276 g/mol.